The van der Waals surface area contributed by atoms with Gasteiger partial charge in [-0.3, -0.25) is 9.79 Å². The standard InChI is InChI=1S/C26H22F3NO3/c1-2-16-11-23(31)21(24(32)12-16)15-30-22-14-19(26(27,28)29)8-10-25(22)33-20-9-7-17-5-3-4-6-18(17)13-20/h3-10,13-16,31H,2,11-12H2,1H3. The van der Waals surface area contributed by atoms with E-state index in [0.717, 1.165) is 35.5 Å². The summed E-state index contributed by atoms with van der Waals surface area (Å²) in [6.45, 7) is 1.93. The summed E-state index contributed by atoms with van der Waals surface area (Å²) >= 11 is 0. The zero-order valence-corrected chi connectivity index (χ0v) is 17.9. The van der Waals surface area contributed by atoms with Crippen molar-refractivity contribution in [2.24, 2.45) is 10.9 Å². The summed E-state index contributed by atoms with van der Waals surface area (Å²) in [5.41, 5.74) is -0.961. The molecule has 1 aliphatic carbocycles. The maximum Gasteiger partial charge on any atom is 0.416 e. The molecule has 33 heavy (non-hydrogen) atoms. The van der Waals surface area contributed by atoms with Crippen LogP contribution in [0.25, 0.3) is 10.8 Å². The highest BCUT2D eigenvalue weighted by atomic mass is 19.4. The lowest BCUT2D eigenvalue weighted by Crippen LogP contribution is -2.19. The van der Waals surface area contributed by atoms with E-state index in [1.54, 1.807) is 12.1 Å². The van der Waals surface area contributed by atoms with Crippen molar-refractivity contribution in [3.05, 3.63) is 77.6 Å². The lowest BCUT2D eigenvalue weighted by atomic mass is 9.86. The Kier molecular flexibility index (Phi) is 6.22. The molecule has 170 valence electrons. The van der Waals surface area contributed by atoms with Crippen molar-refractivity contribution in [1.82, 2.24) is 0 Å². The van der Waals surface area contributed by atoms with Gasteiger partial charge in [-0.25, -0.2) is 0 Å². The molecule has 1 aliphatic rings. The predicted octanol–water partition coefficient (Wildman–Crippen LogP) is 7.55. The molecule has 0 amide bonds. The average molecular weight is 453 g/mol. The van der Waals surface area contributed by atoms with Crippen LogP contribution < -0.4 is 4.74 Å². The molecule has 0 heterocycles. The van der Waals surface area contributed by atoms with Crippen molar-refractivity contribution in [2.45, 2.75) is 32.4 Å². The molecule has 0 saturated carbocycles. The van der Waals surface area contributed by atoms with Gasteiger partial charge in [0, 0.05) is 19.1 Å². The highest BCUT2D eigenvalue weighted by molar-refractivity contribution is 6.14. The molecular weight excluding hydrogens is 431 g/mol. The van der Waals surface area contributed by atoms with Crippen molar-refractivity contribution < 1.29 is 27.8 Å². The minimum atomic E-state index is -4.57. The summed E-state index contributed by atoms with van der Waals surface area (Å²) in [5.74, 6) is 0.218. The van der Waals surface area contributed by atoms with Gasteiger partial charge < -0.3 is 9.84 Å². The SMILES string of the molecule is CCC1CC(=O)C(C=Nc2cc(C(F)(F)F)ccc2Oc2ccc3ccccc3c2)=C(O)C1. The second-order valence-corrected chi connectivity index (χ2v) is 8.02. The van der Waals surface area contributed by atoms with Gasteiger partial charge in [-0.05, 0) is 47.0 Å². The Bertz CT molecular complexity index is 1260. The first kappa shape index (κ1) is 22.6. The number of aliphatic hydroxyl groups excluding tert-OH is 1. The van der Waals surface area contributed by atoms with Crippen molar-refractivity contribution in [3.63, 3.8) is 0 Å². The van der Waals surface area contributed by atoms with E-state index in [0.29, 0.717) is 12.2 Å². The maximum absolute atomic E-state index is 13.3. The summed E-state index contributed by atoms with van der Waals surface area (Å²) in [6.07, 6.45) is -2.08. The Balaban J connectivity index is 1.70. The van der Waals surface area contributed by atoms with Crippen molar-refractivity contribution in [2.75, 3.05) is 0 Å². The minimum absolute atomic E-state index is 0.0220. The highest BCUT2D eigenvalue weighted by Gasteiger charge is 2.31. The number of hydrogen-bond acceptors (Lipinski definition) is 4. The molecule has 0 bridgehead atoms. The van der Waals surface area contributed by atoms with Crippen LogP contribution in [0.1, 0.15) is 31.7 Å². The first-order valence-corrected chi connectivity index (χ1v) is 10.6. The number of hydrogen-bond donors (Lipinski definition) is 1. The number of halogens is 3. The fourth-order valence-corrected chi connectivity index (χ4v) is 3.80. The van der Waals surface area contributed by atoms with Crippen molar-refractivity contribution >= 4 is 28.5 Å². The largest absolute Gasteiger partial charge is 0.511 e. The summed E-state index contributed by atoms with van der Waals surface area (Å²) < 4.78 is 45.8. The van der Waals surface area contributed by atoms with Crippen LogP contribution in [0.15, 0.2) is 77.0 Å². The van der Waals surface area contributed by atoms with E-state index in [4.69, 9.17) is 4.74 Å². The molecule has 1 N–H and O–H groups in total. The van der Waals surface area contributed by atoms with Crippen LogP contribution in [-0.4, -0.2) is 17.1 Å². The summed E-state index contributed by atoms with van der Waals surface area (Å²) in [7, 11) is 0. The number of Topliss-reactive ketones (excluding diaryl/α,β-unsaturated/α-hetero) is 1. The highest BCUT2D eigenvalue weighted by Crippen LogP contribution is 2.39. The van der Waals surface area contributed by atoms with Crippen LogP contribution in [0.5, 0.6) is 11.5 Å². The minimum Gasteiger partial charge on any atom is -0.511 e. The van der Waals surface area contributed by atoms with E-state index in [-0.39, 0.29) is 40.9 Å². The molecule has 4 rings (SSSR count). The number of fused-ring (bicyclic) bond motifs is 1. The quantitative estimate of drug-likeness (QED) is 0.406. The molecule has 0 fully saturated rings. The molecule has 3 aromatic rings. The third-order valence-electron chi connectivity index (χ3n) is 5.71. The van der Waals surface area contributed by atoms with Crippen LogP contribution >= 0.6 is 0 Å². The summed E-state index contributed by atoms with van der Waals surface area (Å²) in [5, 5.41) is 12.2. The van der Waals surface area contributed by atoms with E-state index >= 15 is 0 Å². The second kappa shape index (κ2) is 9.10. The first-order chi connectivity index (χ1) is 15.7. The van der Waals surface area contributed by atoms with Gasteiger partial charge in [-0.2, -0.15) is 13.2 Å². The number of ketones is 1. The third kappa shape index (κ3) is 5.08. The topological polar surface area (TPSA) is 58.9 Å². The van der Waals surface area contributed by atoms with Gasteiger partial charge >= 0.3 is 6.18 Å². The Morgan fingerprint density at radius 1 is 1.06 bits per heavy atom. The summed E-state index contributed by atoms with van der Waals surface area (Å²) in [6, 6.07) is 16.0. The van der Waals surface area contributed by atoms with Crippen molar-refractivity contribution in [3.8, 4) is 11.5 Å². The van der Waals surface area contributed by atoms with E-state index in [1.165, 1.54) is 6.07 Å². The molecule has 4 nitrogen and oxygen atoms in total. The molecule has 1 atom stereocenters. The fraction of sp³-hybridized carbons (Fsp3) is 0.231. The summed E-state index contributed by atoms with van der Waals surface area (Å²) in [4.78, 5) is 16.5. The van der Waals surface area contributed by atoms with E-state index in [9.17, 15) is 23.1 Å². The Labute approximate surface area is 189 Å². The smallest absolute Gasteiger partial charge is 0.416 e. The van der Waals surface area contributed by atoms with Crippen molar-refractivity contribution in [1.29, 1.82) is 0 Å². The maximum atomic E-state index is 13.3. The number of benzene rings is 3. The number of aliphatic imine (C=N–C) groups is 1. The molecule has 0 aliphatic heterocycles. The van der Waals surface area contributed by atoms with Gasteiger partial charge in [-0.15, -0.1) is 0 Å². The van der Waals surface area contributed by atoms with Crippen LogP contribution in [0.3, 0.4) is 0 Å². The lowest BCUT2D eigenvalue weighted by Gasteiger charge is -2.20. The van der Waals surface area contributed by atoms with Gasteiger partial charge in [0.15, 0.2) is 11.5 Å². The monoisotopic (exact) mass is 453 g/mol. The van der Waals surface area contributed by atoms with Crippen LogP contribution in [0, 0.1) is 5.92 Å². The van der Waals surface area contributed by atoms with Gasteiger partial charge in [0.05, 0.1) is 11.1 Å². The molecule has 1 unspecified atom stereocenters. The number of carbonyl (C=O) groups is 1. The molecule has 0 saturated heterocycles. The third-order valence-corrected chi connectivity index (χ3v) is 5.71. The number of allylic oxidation sites excluding steroid dienone is 2. The molecule has 0 radical (unpaired) electrons. The fourth-order valence-electron chi connectivity index (χ4n) is 3.80. The van der Waals surface area contributed by atoms with Gasteiger partial charge in [0.1, 0.15) is 17.2 Å². The normalized spacial score (nSPS) is 17.2. The number of rotatable bonds is 5. The molecule has 0 spiro atoms. The average Bonchev–Trinajstić information content (AvgIpc) is 2.78. The van der Waals surface area contributed by atoms with Crippen LogP contribution in [0.2, 0.25) is 0 Å². The molecule has 7 heteroatoms. The number of nitrogens with zero attached hydrogens (tertiary/aromatic N) is 1. The zero-order chi connectivity index (χ0) is 23.6. The second-order valence-electron chi connectivity index (χ2n) is 8.02. The predicted molar refractivity (Wildman–Crippen MR) is 121 cm³/mol. The first-order valence-electron chi connectivity index (χ1n) is 10.6. The molecular formula is C26H22F3NO3. The molecule has 3 aromatic carbocycles. The van der Waals surface area contributed by atoms with Gasteiger partial charge in [0.25, 0.3) is 0 Å². The number of carbonyl (C=O) groups excluding carboxylic acids is 1. The Morgan fingerprint density at radius 3 is 2.52 bits per heavy atom. The van der Waals surface area contributed by atoms with Crippen LogP contribution in [0.4, 0.5) is 18.9 Å². The van der Waals surface area contributed by atoms with Gasteiger partial charge in [0.2, 0.25) is 0 Å². The Hall–Kier alpha value is -3.61. The number of ether oxygens (including phenoxy) is 1. The van der Waals surface area contributed by atoms with E-state index in [1.807, 2.05) is 37.3 Å². The van der Waals surface area contributed by atoms with E-state index in [2.05, 4.69) is 4.99 Å². The Morgan fingerprint density at radius 2 is 1.82 bits per heavy atom. The number of aliphatic hydroxyl groups is 1. The lowest BCUT2D eigenvalue weighted by molar-refractivity contribution is -0.137. The zero-order valence-electron chi connectivity index (χ0n) is 17.9. The van der Waals surface area contributed by atoms with Gasteiger partial charge in [-0.1, -0.05) is 43.7 Å². The number of alkyl halides is 3. The van der Waals surface area contributed by atoms with Crippen LogP contribution in [-0.2, 0) is 11.0 Å². The molecule has 0 aromatic heterocycles. The van der Waals surface area contributed by atoms with E-state index < -0.39 is 11.7 Å².